The molecule has 0 aromatic heterocycles. The van der Waals surface area contributed by atoms with Crippen molar-refractivity contribution < 1.29 is 14.0 Å². The predicted octanol–water partition coefficient (Wildman–Crippen LogP) is 4.05. The van der Waals surface area contributed by atoms with Gasteiger partial charge in [0.2, 0.25) is 5.91 Å². The van der Waals surface area contributed by atoms with Crippen LogP contribution < -0.4 is 5.32 Å². The first-order chi connectivity index (χ1) is 12.6. The Balaban J connectivity index is 1.73. The molecule has 0 spiro atoms. The first-order valence-electron chi connectivity index (χ1n) is 9.00. The summed E-state index contributed by atoms with van der Waals surface area (Å²) >= 11 is 0. The Morgan fingerprint density at radius 3 is 2.42 bits per heavy atom. The lowest BCUT2D eigenvalue weighted by atomic mass is 10.1. The molecule has 26 heavy (non-hydrogen) atoms. The summed E-state index contributed by atoms with van der Waals surface area (Å²) in [5.74, 6) is -0.902. The van der Waals surface area contributed by atoms with E-state index >= 15 is 0 Å². The van der Waals surface area contributed by atoms with Crippen LogP contribution in [0.1, 0.15) is 42.1 Å². The molecule has 1 saturated carbocycles. The number of nitrogens with one attached hydrogen (secondary N) is 1. The van der Waals surface area contributed by atoms with Crippen LogP contribution in [0.3, 0.4) is 0 Å². The van der Waals surface area contributed by atoms with Crippen LogP contribution >= 0.6 is 0 Å². The minimum absolute atomic E-state index is 0.0955. The highest BCUT2D eigenvalue weighted by Gasteiger charge is 2.45. The van der Waals surface area contributed by atoms with Crippen LogP contribution in [0.25, 0.3) is 0 Å². The van der Waals surface area contributed by atoms with E-state index in [9.17, 15) is 14.0 Å². The topological polar surface area (TPSA) is 49.4 Å². The fourth-order valence-corrected chi connectivity index (χ4v) is 3.29. The second kappa shape index (κ2) is 7.68. The number of nitrogens with zero attached hydrogens (tertiary/aromatic N) is 1. The van der Waals surface area contributed by atoms with E-state index < -0.39 is 0 Å². The summed E-state index contributed by atoms with van der Waals surface area (Å²) in [7, 11) is 0. The molecule has 2 aromatic rings. The summed E-state index contributed by atoms with van der Waals surface area (Å²) in [5.41, 5.74) is 1.57. The van der Waals surface area contributed by atoms with Gasteiger partial charge in [-0.05, 0) is 49.9 Å². The minimum Gasteiger partial charge on any atom is -0.339 e. The van der Waals surface area contributed by atoms with E-state index in [0.29, 0.717) is 36.3 Å². The van der Waals surface area contributed by atoms with Gasteiger partial charge in [0.05, 0.1) is 11.3 Å². The molecule has 2 atom stereocenters. The third kappa shape index (κ3) is 3.62. The molecule has 0 radical (unpaired) electrons. The lowest BCUT2D eigenvalue weighted by molar-refractivity contribution is -0.117. The number of hydrogen-bond donors (Lipinski definition) is 1. The molecular weight excluding hydrogens is 331 g/mol. The fraction of sp³-hybridized carbons (Fsp3) is 0.333. The average Bonchev–Trinajstić information content (AvgIpc) is 3.44. The quantitative estimate of drug-likeness (QED) is 0.851. The first kappa shape index (κ1) is 18.1. The Kier molecular flexibility index (Phi) is 5.35. The monoisotopic (exact) mass is 354 g/mol. The van der Waals surface area contributed by atoms with E-state index in [0.717, 1.165) is 0 Å². The van der Waals surface area contributed by atoms with Gasteiger partial charge in [-0.3, -0.25) is 9.59 Å². The van der Waals surface area contributed by atoms with Crippen LogP contribution in [0.5, 0.6) is 0 Å². The first-order valence-corrected chi connectivity index (χ1v) is 9.00. The summed E-state index contributed by atoms with van der Waals surface area (Å²) in [5, 5.41) is 2.87. The van der Waals surface area contributed by atoms with Crippen LogP contribution in [0, 0.1) is 11.7 Å². The van der Waals surface area contributed by atoms with Crippen molar-refractivity contribution in [2.45, 2.75) is 26.2 Å². The summed E-state index contributed by atoms with van der Waals surface area (Å²) in [6.45, 7) is 5.06. The number of anilines is 1. The van der Waals surface area contributed by atoms with Crippen molar-refractivity contribution in [2.24, 2.45) is 5.92 Å². The standard InChI is InChI=1S/C21H23FN2O2/c1-3-24(4-2)21(26)15-10-6-8-12-19(15)23-20(25)17-13-16(17)14-9-5-7-11-18(14)22/h5-12,16-17H,3-4,13H2,1-2H3,(H,23,25). The molecule has 5 heteroatoms. The van der Waals surface area contributed by atoms with Gasteiger partial charge < -0.3 is 10.2 Å². The zero-order valence-corrected chi connectivity index (χ0v) is 15.0. The van der Waals surface area contributed by atoms with Gasteiger partial charge >= 0.3 is 0 Å². The molecule has 0 aliphatic heterocycles. The van der Waals surface area contributed by atoms with Crippen molar-refractivity contribution >= 4 is 17.5 Å². The van der Waals surface area contributed by atoms with E-state index in [4.69, 9.17) is 0 Å². The zero-order chi connectivity index (χ0) is 18.7. The van der Waals surface area contributed by atoms with E-state index in [1.165, 1.54) is 6.07 Å². The lowest BCUT2D eigenvalue weighted by Crippen LogP contribution is -2.31. The van der Waals surface area contributed by atoms with Crippen LogP contribution in [-0.4, -0.2) is 29.8 Å². The third-order valence-electron chi connectivity index (χ3n) is 4.90. The minimum atomic E-state index is -0.273. The molecule has 0 heterocycles. The average molecular weight is 354 g/mol. The second-order valence-corrected chi connectivity index (χ2v) is 6.48. The van der Waals surface area contributed by atoms with Crippen molar-refractivity contribution in [1.29, 1.82) is 0 Å². The zero-order valence-electron chi connectivity index (χ0n) is 15.0. The van der Waals surface area contributed by atoms with Crippen LogP contribution in [0.15, 0.2) is 48.5 Å². The number of carbonyl (C=O) groups excluding carboxylic acids is 2. The molecule has 1 N–H and O–H groups in total. The van der Waals surface area contributed by atoms with Gasteiger partial charge in [-0.2, -0.15) is 0 Å². The molecule has 2 amide bonds. The van der Waals surface area contributed by atoms with Gasteiger partial charge in [0.25, 0.3) is 5.91 Å². The van der Waals surface area contributed by atoms with Crippen LogP contribution in [0.4, 0.5) is 10.1 Å². The van der Waals surface area contributed by atoms with Gasteiger partial charge in [-0.1, -0.05) is 30.3 Å². The van der Waals surface area contributed by atoms with Crippen molar-refractivity contribution in [2.75, 3.05) is 18.4 Å². The maximum Gasteiger partial charge on any atom is 0.255 e. The molecule has 1 aliphatic carbocycles. The smallest absolute Gasteiger partial charge is 0.255 e. The van der Waals surface area contributed by atoms with Crippen molar-refractivity contribution in [3.8, 4) is 0 Å². The number of amides is 2. The Morgan fingerprint density at radius 2 is 1.73 bits per heavy atom. The van der Waals surface area contributed by atoms with E-state index in [1.807, 2.05) is 13.8 Å². The van der Waals surface area contributed by atoms with Gasteiger partial charge in [0, 0.05) is 19.0 Å². The molecular formula is C21H23FN2O2. The van der Waals surface area contributed by atoms with E-state index in [1.54, 1.807) is 47.4 Å². The van der Waals surface area contributed by atoms with Crippen molar-refractivity contribution in [1.82, 2.24) is 4.90 Å². The Labute approximate surface area is 153 Å². The molecule has 0 saturated heterocycles. The number of carbonyl (C=O) groups is 2. The SMILES string of the molecule is CCN(CC)C(=O)c1ccccc1NC(=O)C1CC1c1ccccc1F. The number of halogens is 1. The van der Waals surface area contributed by atoms with Gasteiger partial charge in [0.1, 0.15) is 5.82 Å². The Bertz CT molecular complexity index is 817. The summed E-state index contributed by atoms with van der Waals surface area (Å²) in [6, 6.07) is 13.6. The van der Waals surface area contributed by atoms with Crippen molar-refractivity contribution in [3.05, 3.63) is 65.5 Å². The van der Waals surface area contributed by atoms with Gasteiger partial charge in [-0.25, -0.2) is 4.39 Å². The number of rotatable bonds is 6. The number of para-hydroxylation sites is 1. The Hall–Kier alpha value is -2.69. The second-order valence-electron chi connectivity index (χ2n) is 6.48. The molecule has 3 rings (SSSR count). The molecule has 136 valence electrons. The van der Waals surface area contributed by atoms with Crippen molar-refractivity contribution in [3.63, 3.8) is 0 Å². The molecule has 2 aromatic carbocycles. The predicted molar refractivity (Wildman–Crippen MR) is 99.6 cm³/mol. The van der Waals surface area contributed by atoms with Gasteiger partial charge in [0.15, 0.2) is 0 Å². The van der Waals surface area contributed by atoms with Crippen LogP contribution in [0.2, 0.25) is 0 Å². The number of benzene rings is 2. The number of hydrogen-bond acceptors (Lipinski definition) is 2. The normalized spacial score (nSPS) is 18.3. The maximum absolute atomic E-state index is 13.9. The highest BCUT2D eigenvalue weighted by atomic mass is 19.1. The summed E-state index contributed by atoms with van der Waals surface area (Å²) in [6.07, 6.45) is 0.624. The fourth-order valence-electron chi connectivity index (χ4n) is 3.29. The molecule has 0 bridgehead atoms. The van der Waals surface area contributed by atoms with Crippen LogP contribution in [-0.2, 0) is 4.79 Å². The molecule has 1 aliphatic rings. The maximum atomic E-state index is 13.9. The molecule has 4 nitrogen and oxygen atoms in total. The van der Waals surface area contributed by atoms with Gasteiger partial charge in [-0.15, -0.1) is 0 Å². The summed E-state index contributed by atoms with van der Waals surface area (Å²) < 4.78 is 13.9. The van der Waals surface area contributed by atoms with E-state index in [2.05, 4.69) is 5.32 Å². The highest BCUT2D eigenvalue weighted by molar-refractivity contribution is 6.04. The lowest BCUT2D eigenvalue weighted by Gasteiger charge is -2.20. The highest BCUT2D eigenvalue weighted by Crippen LogP contribution is 2.48. The molecule has 2 unspecified atom stereocenters. The largest absolute Gasteiger partial charge is 0.339 e. The van der Waals surface area contributed by atoms with E-state index in [-0.39, 0.29) is 29.5 Å². The Morgan fingerprint density at radius 1 is 1.08 bits per heavy atom. The third-order valence-corrected chi connectivity index (χ3v) is 4.90. The summed E-state index contributed by atoms with van der Waals surface area (Å²) in [4.78, 5) is 27.0. The molecule has 1 fully saturated rings.